The Bertz CT molecular complexity index is 720. The number of hydrogen-bond acceptors (Lipinski definition) is 1. The topological polar surface area (TPSA) is 15.6 Å². The van der Waals surface area contributed by atoms with E-state index >= 15 is 0 Å². The average Bonchev–Trinajstić information content (AvgIpc) is 2.44. The van der Waals surface area contributed by atoms with Crippen molar-refractivity contribution < 1.29 is 0 Å². The van der Waals surface area contributed by atoms with Crippen LogP contribution in [0, 0.1) is 27.7 Å². The molecule has 0 saturated carbocycles. The Kier molecular flexibility index (Phi) is 6.64. The molecule has 0 heterocycles. The van der Waals surface area contributed by atoms with Crippen LogP contribution in [0.4, 0.5) is 11.4 Å². The van der Waals surface area contributed by atoms with Gasteiger partial charge >= 0.3 is 0 Å². The van der Waals surface area contributed by atoms with Gasteiger partial charge in [-0.25, -0.2) is 4.99 Å². The summed E-state index contributed by atoms with van der Waals surface area (Å²) in [5.41, 5.74) is 7.10. The summed E-state index contributed by atoms with van der Waals surface area (Å²) in [6.45, 7) is 11.6. The molecule has 128 valence electrons. The molecule has 2 aromatic carbocycles. The van der Waals surface area contributed by atoms with E-state index in [2.05, 4.69) is 95.6 Å². The van der Waals surface area contributed by atoms with E-state index in [0.29, 0.717) is 0 Å². The summed E-state index contributed by atoms with van der Waals surface area (Å²) < 4.78 is 2.15. The molecule has 0 fully saturated rings. The van der Waals surface area contributed by atoms with E-state index < -0.39 is 0 Å². The molecule has 0 atom stereocenters. The normalized spacial score (nSPS) is 11.3. The van der Waals surface area contributed by atoms with E-state index in [4.69, 9.17) is 4.99 Å². The zero-order valence-corrected chi connectivity index (χ0v) is 18.1. The molecule has 2 aromatic rings. The van der Waals surface area contributed by atoms with Gasteiger partial charge in [0.05, 0.1) is 17.7 Å². The molecule has 0 aliphatic rings. The number of hydrogen-bond donors (Lipinski definition) is 0. The quantitative estimate of drug-likeness (QED) is 0.352. The Morgan fingerprint density at radius 2 is 1.50 bits per heavy atom. The molecular formula is C20H24Br2N2. The number of nitrogens with zero attached hydrogens (tertiary/aromatic N) is 2. The van der Waals surface area contributed by atoms with Crippen LogP contribution in [0.3, 0.4) is 0 Å². The van der Waals surface area contributed by atoms with Crippen molar-refractivity contribution in [3.63, 3.8) is 0 Å². The molecule has 0 amide bonds. The minimum absolute atomic E-state index is 0.925. The predicted octanol–water partition coefficient (Wildman–Crippen LogP) is 7.02. The first-order chi connectivity index (χ1) is 11.3. The summed E-state index contributed by atoms with van der Waals surface area (Å²) in [5.74, 6) is 0. The summed E-state index contributed by atoms with van der Waals surface area (Å²) in [7, 11) is 0. The minimum Gasteiger partial charge on any atom is -0.331 e. The highest BCUT2D eigenvalue weighted by atomic mass is 79.9. The highest BCUT2D eigenvalue weighted by Gasteiger charge is 2.12. The molecule has 2 nitrogen and oxygen atoms in total. The van der Waals surface area contributed by atoms with Crippen molar-refractivity contribution in [1.29, 1.82) is 0 Å². The maximum absolute atomic E-state index is 4.78. The molecule has 0 radical (unpaired) electrons. The third kappa shape index (κ3) is 4.48. The van der Waals surface area contributed by atoms with Crippen molar-refractivity contribution in [2.24, 2.45) is 4.99 Å². The molecule has 24 heavy (non-hydrogen) atoms. The highest BCUT2D eigenvalue weighted by Crippen LogP contribution is 2.33. The summed E-state index contributed by atoms with van der Waals surface area (Å²) in [6.07, 6.45) is 3.01. The number of aliphatic imine (C=N–C) groups is 1. The van der Waals surface area contributed by atoms with Gasteiger partial charge in [-0.1, -0.05) is 19.1 Å². The summed E-state index contributed by atoms with van der Waals surface area (Å²) in [6, 6.07) is 8.64. The van der Waals surface area contributed by atoms with E-state index in [1.165, 1.54) is 27.9 Å². The minimum atomic E-state index is 0.925. The fourth-order valence-electron chi connectivity index (χ4n) is 2.94. The molecule has 0 unspecified atom stereocenters. The lowest BCUT2D eigenvalue weighted by atomic mass is 10.1. The zero-order chi connectivity index (χ0) is 17.9. The van der Waals surface area contributed by atoms with Crippen LogP contribution >= 0.6 is 31.9 Å². The average molecular weight is 452 g/mol. The second-order valence-corrected chi connectivity index (χ2v) is 7.97. The van der Waals surface area contributed by atoms with E-state index in [0.717, 1.165) is 27.6 Å². The van der Waals surface area contributed by atoms with E-state index in [9.17, 15) is 0 Å². The number of halogens is 2. The van der Waals surface area contributed by atoms with Gasteiger partial charge in [0, 0.05) is 15.5 Å². The molecular weight excluding hydrogens is 428 g/mol. The smallest absolute Gasteiger partial charge is 0.0957 e. The van der Waals surface area contributed by atoms with Crippen LogP contribution in [-0.4, -0.2) is 12.9 Å². The number of benzene rings is 2. The summed E-state index contributed by atoms with van der Waals surface area (Å²) >= 11 is 7.36. The maximum Gasteiger partial charge on any atom is 0.0957 e. The molecule has 4 heteroatoms. The van der Waals surface area contributed by atoms with Gasteiger partial charge in [0.1, 0.15) is 0 Å². The van der Waals surface area contributed by atoms with Crippen molar-refractivity contribution in [2.45, 2.75) is 41.0 Å². The van der Waals surface area contributed by atoms with Gasteiger partial charge in [-0.2, -0.15) is 0 Å². The number of anilines is 1. The molecule has 0 aromatic heterocycles. The predicted molar refractivity (Wildman–Crippen MR) is 113 cm³/mol. The van der Waals surface area contributed by atoms with Gasteiger partial charge in [0.15, 0.2) is 0 Å². The van der Waals surface area contributed by atoms with Gasteiger partial charge in [0.2, 0.25) is 0 Å². The second kappa shape index (κ2) is 8.30. The Morgan fingerprint density at radius 3 is 2.04 bits per heavy atom. The van der Waals surface area contributed by atoms with Crippen LogP contribution < -0.4 is 4.90 Å². The highest BCUT2D eigenvalue weighted by molar-refractivity contribution is 9.11. The van der Waals surface area contributed by atoms with Crippen LogP contribution in [0.2, 0.25) is 0 Å². The third-order valence-electron chi connectivity index (χ3n) is 3.87. The van der Waals surface area contributed by atoms with E-state index in [1.54, 1.807) is 0 Å². The SMILES string of the molecule is CCCN(/C=N/c1c(C)cc(C)cc1Br)c1c(C)cc(C)cc1Br. The molecule has 2 rings (SSSR count). The first-order valence-electron chi connectivity index (χ1n) is 8.17. The standard InChI is InChI=1S/C20H24Br2N2/c1-6-7-24(20-16(5)9-14(3)11-18(20)22)12-23-19-15(4)8-13(2)10-17(19)21/h8-12H,6-7H2,1-5H3/b23-12+. The van der Waals surface area contributed by atoms with Gasteiger partial charge in [-0.05, 0) is 100 Å². The molecule has 0 aliphatic heterocycles. The van der Waals surface area contributed by atoms with Crippen LogP contribution in [0.5, 0.6) is 0 Å². The maximum atomic E-state index is 4.78. The lowest BCUT2D eigenvalue weighted by molar-refractivity contribution is 0.905. The largest absolute Gasteiger partial charge is 0.331 e. The molecule has 0 aliphatic carbocycles. The van der Waals surface area contributed by atoms with Crippen LogP contribution in [0.25, 0.3) is 0 Å². The molecule has 0 spiro atoms. The Hall–Kier alpha value is -1.13. The molecule has 0 bridgehead atoms. The van der Waals surface area contributed by atoms with Crippen molar-refractivity contribution in [1.82, 2.24) is 0 Å². The number of rotatable bonds is 5. The van der Waals surface area contributed by atoms with Crippen molar-refractivity contribution in [3.8, 4) is 0 Å². The summed E-state index contributed by atoms with van der Waals surface area (Å²) in [5, 5.41) is 0. The van der Waals surface area contributed by atoms with Gasteiger partial charge < -0.3 is 4.90 Å². The Labute approximate surface area is 162 Å². The van der Waals surface area contributed by atoms with Crippen LogP contribution in [0.1, 0.15) is 35.6 Å². The lowest BCUT2D eigenvalue weighted by Gasteiger charge is -2.23. The summed E-state index contributed by atoms with van der Waals surface area (Å²) in [4.78, 5) is 7.01. The van der Waals surface area contributed by atoms with Gasteiger partial charge in [0.25, 0.3) is 0 Å². The number of aryl methyl sites for hydroxylation is 4. The van der Waals surface area contributed by atoms with Gasteiger partial charge in [-0.3, -0.25) is 0 Å². The van der Waals surface area contributed by atoms with Crippen LogP contribution in [-0.2, 0) is 0 Å². The van der Waals surface area contributed by atoms with Crippen molar-refractivity contribution in [2.75, 3.05) is 11.4 Å². The van der Waals surface area contributed by atoms with Crippen molar-refractivity contribution >= 4 is 49.6 Å². The lowest BCUT2D eigenvalue weighted by Crippen LogP contribution is -2.23. The fourth-order valence-corrected chi connectivity index (χ4v) is 4.62. The first-order valence-corrected chi connectivity index (χ1v) is 9.76. The Balaban J connectivity index is 2.43. The van der Waals surface area contributed by atoms with E-state index in [-0.39, 0.29) is 0 Å². The monoisotopic (exact) mass is 450 g/mol. The van der Waals surface area contributed by atoms with Crippen molar-refractivity contribution in [3.05, 3.63) is 55.5 Å². The van der Waals surface area contributed by atoms with E-state index in [1.807, 2.05) is 6.34 Å². The second-order valence-electron chi connectivity index (χ2n) is 6.26. The zero-order valence-electron chi connectivity index (χ0n) is 15.0. The van der Waals surface area contributed by atoms with Gasteiger partial charge in [-0.15, -0.1) is 0 Å². The fraction of sp³-hybridized carbons (Fsp3) is 0.350. The molecule has 0 N–H and O–H groups in total. The third-order valence-corrected chi connectivity index (χ3v) is 5.08. The van der Waals surface area contributed by atoms with Crippen LogP contribution in [0.15, 0.2) is 38.2 Å². The Morgan fingerprint density at radius 1 is 0.917 bits per heavy atom. The molecule has 0 saturated heterocycles. The first kappa shape index (κ1) is 19.2.